The maximum Gasteiger partial charge on any atom is 0.333 e. The van der Waals surface area contributed by atoms with Crippen molar-refractivity contribution in [2.45, 2.75) is 72.0 Å². The van der Waals surface area contributed by atoms with Gasteiger partial charge in [0.2, 0.25) is 0 Å². The Morgan fingerprint density at radius 1 is 1.20 bits per heavy atom. The van der Waals surface area contributed by atoms with Crippen molar-refractivity contribution in [1.82, 2.24) is 5.06 Å². The molecule has 1 fully saturated rings. The minimum absolute atomic E-state index is 0.0440. The van der Waals surface area contributed by atoms with Crippen LogP contribution in [0.5, 0.6) is 0 Å². The number of ether oxygens (including phenoxy) is 2. The van der Waals surface area contributed by atoms with E-state index in [4.69, 9.17) is 20.7 Å². The molecule has 1 rings (SSSR count). The van der Waals surface area contributed by atoms with Crippen molar-refractivity contribution >= 4 is 17.8 Å². The minimum atomic E-state index is -0.583. The molecular weight excluding hydrogens is 326 g/mol. The molecule has 7 heteroatoms. The second-order valence-electron chi connectivity index (χ2n) is 5.72. The molecule has 7 nitrogen and oxygen atoms in total. The topological polar surface area (TPSA) is 82.1 Å². The third-order valence-electron chi connectivity index (χ3n) is 3.10. The fourth-order valence-corrected chi connectivity index (χ4v) is 1.85. The van der Waals surface area contributed by atoms with E-state index in [2.05, 4.69) is 5.92 Å². The van der Waals surface area contributed by atoms with Crippen molar-refractivity contribution in [2.75, 3.05) is 13.2 Å². The van der Waals surface area contributed by atoms with Gasteiger partial charge in [-0.25, -0.2) is 4.79 Å². The van der Waals surface area contributed by atoms with Gasteiger partial charge in [-0.05, 0) is 34.1 Å². The molecule has 1 heterocycles. The van der Waals surface area contributed by atoms with Gasteiger partial charge in [-0.1, -0.05) is 0 Å². The Hall–Kier alpha value is -1.91. The summed E-state index contributed by atoms with van der Waals surface area (Å²) in [6, 6.07) is 0. The number of hydrogen-bond acceptors (Lipinski definition) is 6. The maximum absolute atomic E-state index is 11.4. The molecule has 0 aromatic carbocycles. The molecule has 0 aromatic heterocycles. The summed E-state index contributed by atoms with van der Waals surface area (Å²) in [5, 5.41) is 0.563. The van der Waals surface area contributed by atoms with E-state index < -0.39 is 17.8 Å². The smallest absolute Gasteiger partial charge is 0.333 e. The van der Waals surface area contributed by atoms with Gasteiger partial charge in [0.25, 0.3) is 11.8 Å². The lowest BCUT2D eigenvalue weighted by molar-refractivity contribution is -0.197. The molecule has 2 amide bonds. The molecule has 0 aromatic rings. The summed E-state index contributed by atoms with van der Waals surface area (Å²) < 4.78 is 10.4. The zero-order valence-electron chi connectivity index (χ0n) is 15.6. The SMILES string of the molecule is C#CCCOC(C)C.CCOC(C)CCC(=O)ON1C(=O)CCC1=O. The number of amides is 2. The molecule has 142 valence electrons. The summed E-state index contributed by atoms with van der Waals surface area (Å²) in [4.78, 5) is 38.4. The van der Waals surface area contributed by atoms with Gasteiger partial charge in [-0.2, -0.15) is 0 Å². The van der Waals surface area contributed by atoms with Gasteiger partial charge in [0.15, 0.2) is 0 Å². The summed E-state index contributed by atoms with van der Waals surface area (Å²) >= 11 is 0. The van der Waals surface area contributed by atoms with Crippen LogP contribution in [0.15, 0.2) is 0 Å². The molecule has 1 saturated heterocycles. The van der Waals surface area contributed by atoms with Crippen molar-refractivity contribution in [3.63, 3.8) is 0 Å². The molecule has 0 bridgehead atoms. The van der Waals surface area contributed by atoms with Gasteiger partial charge in [-0.3, -0.25) is 9.59 Å². The molecule has 0 saturated carbocycles. The van der Waals surface area contributed by atoms with Gasteiger partial charge in [0.05, 0.1) is 25.2 Å². The second-order valence-corrected chi connectivity index (χ2v) is 5.72. The lowest BCUT2D eigenvalue weighted by atomic mass is 10.2. The van der Waals surface area contributed by atoms with E-state index in [9.17, 15) is 14.4 Å². The molecule has 1 atom stereocenters. The standard InChI is InChI=1S/C11H17NO5.C7H12O/c1-3-16-8(2)4-7-11(15)17-12-9(13)5-6-10(12)14;1-4-5-6-8-7(2)3/h8H,3-7H2,1-2H3;1,7H,5-6H2,2-3H3. The van der Waals surface area contributed by atoms with Crippen LogP contribution in [0.3, 0.4) is 0 Å². The average Bonchev–Trinajstić information content (AvgIpc) is 2.86. The van der Waals surface area contributed by atoms with E-state index >= 15 is 0 Å². The summed E-state index contributed by atoms with van der Waals surface area (Å²) in [5.41, 5.74) is 0. The summed E-state index contributed by atoms with van der Waals surface area (Å²) in [6.07, 6.45) is 6.82. The Kier molecular flexibility index (Phi) is 12.4. The molecule has 0 radical (unpaired) electrons. The summed E-state index contributed by atoms with van der Waals surface area (Å²) in [6.45, 7) is 8.99. The van der Waals surface area contributed by atoms with Gasteiger partial charge >= 0.3 is 5.97 Å². The summed E-state index contributed by atoms with van der Waals surface area (Å²) in [5.74, 6) is 1.00. The maximum atomic E-state index is 11.4. The quantitative estimate of drug-likeness (QED) is 0.358. The van der Waals surface area contributed by atoms with Gasteiger partial charge in [0, 0.05) is 25.9 Å². The Morgan fingerprint density at radius 2 is 1.80 bits per heavy atom. The number of hydrogen-bond donors (Lipinski definition) is 0. The predicted molar refractivity (Wildman–Crippen MR) is 92.0 cm³/mol. The highest BCUT2D eigenvalue weighted by Gasteiger charge is 2.32. The van der Waals surface area contributed by atoms with E-state index in [0.717, 1.165) is 6.42 Å². The Labute approximate surface area is 149 Å². The van der Waals surface area contributed by atoms with Crippen LogP contribution >= 0.6 is 0 Å². The number of hydroxylamine groups is 2. The van der Waals surface area contributed by atoms with Crippen LogP contribution in [0, 0.1) is 12.3 Å². The van der Waals surface area contributed by atoms with E-state index in [-0.39, 0.29) is 25.4 Å². The van der Waals surface area contributed by atoms with Crippen LogP contribution < -0.4 is 0 Å². The fraction of sp³-hybridized carbons (Fsp3) is 0.722. The Morgan fingerprint density at radius 3 is 2.28 bits per heavy atom. The fourth-order valence-electron chi connectivity index (χ4n) is 1.85. The average molecular weight is 355 g/mol. The van der Waals surface area contributed by atoms with Crippen LogP contribution in [0.4, 0.5) is 0 Å². The lowest BCUT2D eigenvalue weighted by Crippen LogP contribution is -2.32. The Bertz CT molecular complexity index is 453. The zero-order valence-corrected chi connectivity index (χ0v) is 15.6. The molecule has 1 aliphatic heterocycles. The highest BCUT2D eigenvalue weighted by Crippen LogP contribution is 2.13. The van der Waals surface area contributed by atoms with Crippen LogP contribution in [-0.2, 0) is 28.7 Å². The number of carbonyl (C=O) groups excluding carboxylic acids is 3. The number of carbonyl (C=O) groups is 3. The summed E-state index contributed by atoms with van der Waals surface area (Å²) in [7, 11) is 0. The first-order valence-electron chi connectivity index (χ1n) is 8.55. The molecule has 1 unspecified atom stereocenters. The normalized spacial score (nSPS) is 14.8. The van der Waals surface area contributed by atoms with Crippen molar-refractivity contribution in [3.8, 4) is 12.3 Å². The van der Waals surface area contributed by atoms with E-state index in [1.54, 1.807) is 0 Å². The van der Waals surface area contributed by atoms with Crippen LogP contribution in [0.2, 0.25) is 0 Å². The van der Waals surface area contributed by atoms with Crippen molar-refractivity contribution in [2.24, 2.45) is 0 Å². The predicted octanol–water partition coefficient (Wildman–Crippen LogP) is 2.23. The van der Waals surface area contributed by atoms with Gasteiger partial charge in [0.1, 0.15) is 0 Å². The molecule has 0 aliphatic carbocycles. The van der Waals surface area contributed by atoms with Crippen LogP contribution in [0.1, 0.15) is 59.8 Å². The first-order valence-corrected chi connectivity index (χ1v) is 8.55. The molecule has 0 N–H and O–H groups in total. The molecule has 0 spiro atoms. The van der Waals surface area contributed by atoms with E-state index in [1.807, 2.05) is 27.7 Å². The largest absolute Gasteiger partial charge is 0.379 e. The number of nitrogens with zero attached hydrogens (tertiary/aromatic N) is 1. The highest BCUT2D eigenvalue weighted by atomic mass is 16.7. The van der Waals surface area contributed by atoms with Crippen LogP contribution in [0.25, 0.3) is 0 Å². The number of imide groups is 1. The van der Waals surface area contributed by atoms with E-state index in [1.165, 1.54) is 0 Å². The lowest BCUT2D eigenvalue weighted by Gasteiger charge is -2.14. The van der Waals surface area contributed by atoms with Crippen molar-refractivity contribution in [3.05, 3.63) is 0 Å². The molecule has 1 aliphatic rings. The van der Waals surface area contributed by atoms with Crippen molar-refractivity contribution < 1.29 is 28.7 Å². The monoisotopic (exact) mass is 355 g/mol. The third kappa shape index (κ3) is 11.3. The van der Waals surface area contributed by atoms with Crippen LogP contribution in [-0.4, -0.2) is 48.3 Å². The highest BCUT2D eigenvalue weighted by molar-refractivity contribution is 6.01. The second kappa shape index (κ2) is 13.4. The van der Waals surface area contributed by atoms with E-state index in [0.29, 0.717) is 30.8 Å². The third-order valence-corrected chi connectivity index (χ3v) is 3.10. The molecular formula is C18H29NO6. The number of terminal acetylenes is 1. The van der Waals surface area contributed by atoms with Gasteiger partial charge in [-0.15, -0.1) is 17.4 Å². The first-order chi connectivity index (χ1) is 11.8. The molecule has 25 heavy (non-hydrogen) atoms. The number of rotatable bonds is 9. The first kappa shape index (κ1) is 23.1. The van der Waals surface area contributed by atoms with Gasteiger partial charge < -0.3 is 14.3 Å². The zero-order chi connectivity index (χ0) is 19.2. The minimum Gasteiger partial charge on any atom is -0.379 e. The Balaban J connectivity index is 0.000000609. The van der Waals surface area contributed by atoms with Crippen molar-refractivity contribution in [1.29, 1.82) is 0 Å².